The molecule has 0 aliphatic rings. The molecule has 0 aliphatic heterocycles. The number of hydrogen-bond acceptors (Lipinski definition) is 3. The van der Waals surface area contributed by atoms with Crippen molar-refractivity contribution in [1.29, 1.82) is 0 Å². The van der Waals surface area contributed by atoms with Crippen LogP contribution in [0.2, 0.25) is 0 Å². The molecule has 0 saturated carbocycles. The van der Waals surface area contributed by atoms with Crippen molar-refractivity contribution >= 4 is 5.91 Å². The highest BCUT2D eigenvalue weighted by molar-refractivity contribution is 5.76. The van der Waals surface area contributed by atoms with Gasteiger partial charge in [0.25, 0.3) is 0 Å². The van der Waals surface area contributed by atoms with Crippen LogP contribution in [0.3, 0.4) is 0 Å². The van der Waals surface area contributed by atoms with Crippen molar-refractivity contribution in [3.05, 3.63) is 60.8 Å². The summed E-state index contributed by atoms with van der Waals surface area (Å²) in [4.78, 5) is 12.4. The summed E-state index contributed by atoms with van der Waals surface area (Å²) in [6.45, 7) is 4.20. The Kier molecular flexibility index (Phi) is 47.8. The average Bonchev–Trinajstić information content (AvgIpc) is 3.23. The molecule has 1 amide bonds. The second kappa shape index (κ2) is 49.5. The fourth-order valence-corrected chi connectivity index (χ4v) is 7.64. The van der Waals surface area contributed by atoms with Crippen molar-refractivity contribution in [2.45, 2.75) is 270 Å². The lowest BCUT2D eigenvalue weighted by molar-refractivity contribution is -0.123. The van der Waals surface area contributed by atoms with Gasteiger partial charge in [0.1, 0.15) is 0 Å². The number of aliphatic hydroxyl groups is 2. The number of allylic oxidation sites excluding steroid dienone is 9. The van der Waals surface area contributed by atoms with E-state index in [2.05, 4.69) is 67.8 Å². The minimum absolute atomic E-state index is 0.0627. The van der Waals surface area contributed by atoms with E-state index in [-0.39, 0.29) is 12.5 Å². The molecule has 0 rings (SSSR count). The van der Waals surface area contributed by atoms with Crippen molar-refractivity contribution < 1.29 is 15.0 Å². The highest BCUT2D eigenvalue weighted by atomic mass is 16.3. The Morgan fingerprint density at radius 3 is 1.14 bits per heavy atom. The predicted octanol–water partition coefficient (Wildman–Crippen LogP) is 16.5. The molecule has 0 saturated heterocycles. The van der Waals surface area contributed by atoms with Crippen LogP contribution in [-0.2, 0) is 4.79 Å². The van der Waals surface area contributed by atoms with E-state index in [4.69, 9.17) is 0 Å². The molecule has 338 valence electrons. The second-order valence-electron chi connectivity index (χ2n) is 17.2. The smallest absolute Gasteiger partial charge is 0.220 e. The van der Waals surface area contributed by atoms with Crippen LogP contribution in [0.25, 0.3) is 0 Å². The minimum Gasteiger partial charge on any atom is -0.394 e. The molecular weight excluding hydrogens is 711 g/mol. The maximum atomic E-state index is 12.4. The Morgan fingerprint density at radius 1 is 0.431 bits per heavy atom. The van der Waals surface area contributed by atoms with E-state index in [9.17, 15) is 15.0 Å². The number of nitrogens with one attached hydrogen (secondary N) is 1. The average molecular weight is 810 g/mol. The summed E-state index contributed by atoms with van der Waals surface area (Å²) in [7, 11) is 0. The first kappa shape index (κ1) is 56.1. The fraction of sp³-hybridized carbons (Fsp3) is 0.796. The van der Waals surface area contributed by atoms with Crippen LogP contribution in [-0.4, -0.2) is 34.9 Å². The van der Waals surface area contributed by atoms with Crippen LogP contribution in [0.5, 0.6) is 0 Å². The summed E-state index contributed by atoms with van der Waals surface area (Å²) < 4.78 is 0. The van der Waals surface area contributed by atoms with Crippen LogP contribution in [0.1, 0.15) is 258 Å². The zero-order valence-corrected chi connectivity index (χ0v) is 38.8. The zero-order chi connectivity index (χ0) is 42.1. The van der Waals surface area contributed by atoms with Gasteiger partial charge in [0.15, 0.2) is 0 Å². The van der Waals surface area contributed by atoms with Gasteiger partial charge in [-0.3, -0.25) is 4.79 Å². The van der Waals surface area contributed by atoms with Crippen LogP contribution in [0.15, 0.2) is 60.8 Å². The normalized spacial score (nSPS) is 13.4. The van der Waals surface area contributed by atoms with Crippen molar-refractivity contribution in [2.75, 3.05) is 6.61 Å². The van der Waals surface area contributed by atoms with E-state index >= 15 is 0 Å². The van der Waals surface area contributed by atoms with Gasteiger partial charge in [0.2, 0.25) is 5.91 Å². The monoisotopic (exact) mass is 810 g/mol. The van der Waals surface area contributed by atoms with Crippen LogP contribution in [0.4, 0.5) is 0 Å². The molecular formula is C54H99NO3. The summed E-state index contributed by atoms with van der Waals surface area (Å²) in [6.07, 6.45) is 69.4. The Balaban J connectivity index is 3.45. The number of aliphatic hydroxyl groups excluding tert-OH is 2. The Labute approximate surface area is 362 Å². The molecule has 0 aliphatic carbocycles. The third-order valence-corrected chi connectivity index (χ3v) is 11.5. The number of hydrogen-bond donors (Lipinski definition) is 3. The molecule has 3 N–H and O–H groups in total. The van der Waals surface area contributed by atoms with Gasteiger partial charge >= 0.3 is 0 Å². The summed E-state index contributed by atoms with van der Waals surface area (Å²) in [5.74, 6) is -0.0627. The Morgan fingerprint density at radius 2 is 0.759 bits per heavy atom. The molecule has 0 spiro atoms. The van der Waals surface area contributed by atoms with Gasteiger partial charge < -0.3 is 15.5 Å². The highest BCUT2D eigenvalue weighted by Crippen LogP contribution is 2.16. The van der Waals surface area contributed by atoms with E-state index < -0.39 is 12.1 Å². The minimum atomic E-state index is -0.838. The second-order valence-corrected chi connectivity index (χ2v) is 17.2. The fourth-order valence-electron chi connectivity index (χ4n) is 7.64. The first-order chi connectivity index (χ1) is 28.7. The van der Waals surface area contributed by atoms with E-state index in [1.807, 2.05) is 6.08 Å². The third kappa shape index (κ3) is 45.2. The summed E-state index contributed by atoms with van der Waals surface area (Å²) >= 11 is 0. The van der Waals surface area contributed by atoms with Gasteiger partial charge in [-0.05, 0) is 57.8 Å². The number of rotatable bonds is 46. The van der Waals surface area contributed by atoms with E-state index in [1.165, 1.54) is 186 Å². The first-order valence-corrected chi connectivity index (χ1v) is 25.5. The quantitative estimate of drug-likeness (QED) is 0.0424. The van der Waals surface area contributed by atoms with Gasteiger partial charge in [-0.2, -0.15) is 0 Å². The van der Waals surface area contributed by atoms with E-state index in [1.54, 1.807) is 6.08 Å². The number of unbranched alkanes of at least 4 members (excludes halogenated alkanes) is 31. The zero-order valence-electron chi connectivity index (χ0n) is 38.8. The molecule has 0 aromatic heterocycles. The van der Waals surface area contributed by atoms with Gasteiger partial charge in [-0.15, -0.1) is 0 Å². The summed E-state index contributed by atoms with van der Waals surface area (Å²) in [5.41, 5.74) is 0. The lowest BCUT2D eigenvalue weighted by Gasteiger charge is -2.20. The van der Waals surface area contributed by atoms with Gasteiger partial charge in [0, 0.05) is 6.42 Å². The molecule has 0 fully saturated rings. The van der Waals surface area contributed by atoms with Crippen LogP contribution < -0.4 is 5.32 Å². The molecule has 2 atom stereocenters. The SMILES string of the molecule is CC/C=C\C/C=C\C/C=C\C/C=C\CCCCCCCCCCCCCCCCCCCCCCC(=O)NC(CO)C(O)/C=C/CCCCCCCCCCCCC. The standard InChI is InChI=1S/C54H99NO3/c1-3-5-7-9-11-13-15-17-18-19-20-21-22-23-24-25-26-27-28-29-30-31-32-33-34-35-36-38-40-42-44-46-48-50-54(58)55-52(51-56)53(57)49-47-45-43-41-39-37-16-14-12-10-8-6-4-2/h5,7,11,13,17-18,20-21,47,49,52-53,56-57H,3-4,6,8-10,12,14-16,19,22-46,48,50-51H2,1-2H3,(H,55,58)/b7-5-,13-11-,18-17-,21-20-,49-47+. The van der Waals surface area contributed by atoms with E-state index in [0.717, 1.165) is 51.4 Å². The largest absolute Gasteiger partial charge is 0.394 e. The molecule has 2 unspecified atom stereocenters. The molecule has 4 heteroatoms. The van der Waals surface area contributed by atoms with Gasteiger partial charge in [-0.25, -0.2) is 0 Å². The molecule has 0 radical (unpaired) electrons. The third-order valence-electron chi connectivity index (χ3n) is 11.5. The Hall–Kier alpha value is -1.91. The summed E-state index contributed by atoms with van der Waals surface area (Å²) in [5, 5.41) is 23.0. The maximum absolute atomic E-state index is 12.4. The molecule has 0 aromatic rings. The lowest BCUT2D eigenvalue weighted by atomic mass is 10.0. The van der Waals surface area contributed by atoms with Crippen LogP contribution in [0, 0.1) is 0 Å². The molecule has 0 aromatic carbocycles. The van der Waals surface area contributed by atoms with Crippen molar-refractivity contribution in [3.63, 3.8) is 0 Å². The number of amides is 1. The lowest BCUT2D eigenvalue weighted by Crippen LogP contribution is -2.45. The van der Waals surface area contributed by atoms with Gasteiger partial charge in [-0.1, -0.05) is 254 Å². The van der Waals surface area contributed by atoms with Crippen molar-refractivity contribution in [3.8, 4) is 0 Å². The Bertz CT molecular complexity index is 965. The first-order valence-electron chi connectivity index (χ1n) is 25.5. The molecule has 0 heterocycles. The van der Waals surface area contributed by atoms with Crippen molar-refractivity contribution in [2.24, 2.45) is 0 Å². The predicted molar refractivity (Wildman–Crippen MR) is 258 cm³/mol. The van der Waals surface area contributed by atoms with Gasteiger partial charge in [0.05, 0.1) is 18.8 Å². The molecule has 58 heavy (non-hydrogen) atoms. The maximum Gasteiger partial charge on any atom is 0.220 e. The highest BCUT2D eigenvalue weighted by Gasteiger charge is 2.18. The number of carbonyl (C=O) groups is 1. The molecule has 0 bridgehead atoms. The number of carbonyl (C=O) groups excluding carboxylic acids is 1. The molecule has 4 nitrogen and oxygen atoms in total. The van der Waals surface area contributed by atoms with E-state index in [0.29, 0.717) is 6.42 Å². The van der Waals surface area contributed by atoms with Crippen molar-refractivity contribution in [1.82, 2.24) is 5.32 Å². The topological polar surface area (TPSA) is 69.6 Å². The van der Waals surface area contributed by atoms with Crippen LogP contribution >= 0.6 is 0 Å². The summed E-state index contributed by atoms with van der Waals surface area (Å²) in [6, 6.07) is -0.621.